The Kier molecular flexibility index (Phi) is 4.69. The zero-order valence-corrected chi connectivity index (χ0v) is 13.4. The molecule has 128 valence electrons. The van der Waals surface area contributed by atoms with Gasteiger partial charge >= 0.3 is 0 Å². The van der Waals surface area contributed by atoms with Crippen LogP contribution in [0.3, 0.4) is 0 Å². The number of ether oxygens (including phenoxy) is 1. The smallest absolute Gasteiger partial charge is 0.287 e. The van der Waals surface area contributed by atoms with E-state index in [0.717, 1.165) is 11.6 Å². The molecule has 0 radical (unpaired) electrons. The second-order valence-electron chi connectivity index (χ2n) is 5.19. The van der Waals surface area contributed by atoms with Crippen molar-refractivity contribution in [2.24, 2.45) is 0 Å². The first-order valence-corrected chi connectivity index (χ1v) is 7.62. The summed E-state index contributed by atoms with van der Waals surface area (Å²) in [7, 11) is 0. The van der Waals surface area contributed by atoms with Crippen molar-refractivity contribution >= 4 is 16.8 Å². The van der Waals surface area contributed by atoms with E-state index in [4.69, 9.17) is 4.74 Å². The third-order valence-electron chi connectivity index (χ3n) is 3.43. The molecule has 0 aliphatic rings. The third-order valence-corrected chi connectivity index (χ3v) is 3.43. The lowest BCUT2D eigenvalue weighted by Crippen LogP contribution is -2.27. The van der Waals surface area contributed by atoms with Gasteiger partial charge < -0.3 is 15.0 Å². The number of carbonyl (C=O) groups is 1. The van der Waals surface area contributed by atoms with Crippen LogP contribution in [0.1, 0.15) is 23.1 Å². The Labute approximate surface area is 141 Å². The van der Waals surface area contributed by atoms with Crippen molar-refractivity contribution in [2.45, 2.75) is 13.5 Å². The van der Waals surface area contributed by atoms with Gasteiger partial charge in [-0.15, -0.1) is 0 Å². The Bertz CT molecular complexity index is 987. The zero-order chi connectivity index (χ0) is 17.8. The standard InChI is InChI=1S/C17H15FN4O3/c1-2-25-14-7-10(5-6-19-14)9-20-17(24)15-21-13-4-3-11(18)8-12(13)16(23)22-15/h3-8H,2,9H2,1H3,(H,20,24)(H,21,22,23). The lowest BCUT2D eigenvalue weighted by atomic mass is 10.2. The van der Waals surface area contributed by atoms with Crippen LogP contribution in [0.15, 0.2) is 41.3 Å². The van der Waals surface area contributed by atoms with Gasteiger partial charge in [-0.2, -0.15) is 0 Å². The van der Waals surface area contributed by atoms with Gasteiger partial charge in [-0.3, -0.25) is 9.59 Å². The second-order valence-corrected chi connectivity index (χ2v) is 5.19. The molecule has 2 aromatic heterocycles. The molecular formula is C17H15FN4O3. The van der Waals surface area contributed by atoms with Crippen molar-refractivity contribution in [1.29, 1.82) is 0 Å². The molecule has 0 bridgehead atoms. The number of hydrogen-bond acceptors (Lipinski definition) is 5. The van der Waals surface area contributed by atoms with Crippen molar-refractivity contribution in [1.82, 2.24) is 20.3 Å². The van der Waals surface area contributed by atoms with Gasteiger partial charge in [0.2, 0.25) is 5.88 Å². The van der Waals surface area contributed by atoms with Gasteiger partial charge in [-0.1, -0.05) is 0 Å². The van der Waals surface area contributed by atoms with Crippen molar-refractivity contribution in [3.63, 3.8) is 0 Å². The Balaban J connectivity index is 1.77. The Morgan fingerprint density at radius 3 is 2.96 bits per heavy atom. The first kappa shape index (κ1) is 16.6. The molecule has 0 saturated heterocycles. The number of nitrogens with one attached hydrogen (secondary N) is 2. The summed E-state index contributed by atoms with van der Waals surface area (Å²) in [6, 6.07) is 7.07. The van der Waals surface area contributed by atoms with E-state index in [1.807, 2.05) is 6.92 Å². The summed E-state index contributed by atoms with van der Waals surface area (Å²) in [5.74, 6) is -0.755. The van der Waals surface area contributed by atoms with Crippen molar-refractivity contribution in [3.05, 3.63) is 64.1 Å². The number of aromatic nitrogens is 3. The van der Waals surface area contributed by atoms with Crippen LogP contribution >= 0.6 is 0 Å². The zero-order valence-electron chi connectivity index (χ0n) is 13.4. The first-order valence-electron chi connectivity index (χ1n) is 7.62. The van der Waals surface area contributed by atoms with Crippen LogP contribution in [0.5, 0.6) is 5.88 Å². The highest BCUT2D eigenvalue weighted by Gasteiger charge is 2.12. The largest absolute Gasteiger partial charge is 0.478 e. The first-order chi connectivity index (χ1) is 12.1. The molecule has 1 aromatic carbocycles. The van der Waals surface area contributed by atoms with Gasteiger partial charge in [0.1, 0.15) is 5.82 Å². The fourth-order valence-electron chi connectivity index (χ4n) is 2.27. The number of rotatable bonds is 5. The van der Waals surface area contributed by atoms with Gasteiger partial charge in [0.05, 0.1) is 17.5 Å². The summed E-state index contributed by atoms with van der Waals surface area (Å²) in [5.41, 5.74) is 0.465. The number of pyridine rings is 1. The van der Waals surface area contributed by atoms with Crippen LogP contribution in [0.25, 0.3) is 10.9 Å². The number of halogens is 1. The Morgan fingerprint density at radius 1 is 1.32 bits per heavy atom. The average Bonchev–Trinajstić information content (AvgIpc) is 2.61. The molecule has 25 heavy (non-hydrogen) atoms. The van der Waals surface area contributed by atoms with E-state index in [0.29, 0.717) is 12.5 Å². The summed E-state index contributed by atoms with van der Waals surface area (Å²) < 4.78 is 18.5. The topological polar surface area (TPSA) is 97.0 Å². The summed E-state index contributed by atoms with van der Waals surface area (Å²) >= 11 is 0. The molecule has 8 heteroatoms. The van der Waals surface area contributed by atoms with Crippen LogP contribution < -0.4 is 15.6 Å². The number of carbonyl (C=O) groups excluding carboxylic acids is 1. The monoisotopic (exact) mass is 342 g/mol. The molecular weight excluding hydrogens is 327 g/mol. The van der Waals surface area contributed by atoms with E-state index >= 15 is 0 Å². The molecule has 3 aromatic rings. The molecule has 1 amide bonds. The third kappa shape index (κ3) is 3.79. The molecule has 2 N–H and O–H groups in total. The van der Waals surface area contributed by atoms with E-state index in [1.54, 1.807) is 18.3 Å². The number of fused-ring (bicyclic) bond motifs is 1. The molecule has 0 aliphatic carbocycles. The molecule has 2 heterocycles. The molecule has 0 atom stereocenters. The fourth-order valence-corrected chi connectivity index (χ4v) is 2.27. The summed E-state index contributed by atoms with van der Waals surface area (Å²) in [4.78, 5) is 34.7. The molecule has 0 saturated carbocycles. The van der Waals surface area contributed by atoms with E-state index in [-0.39, 0.29) is 23.3 Å². The highest BCUT2D eigenvalue weighted by Crippen LogP contribution is 2.10. The second kappa shape index (κ2) is 7.08. The van der Waals surface area contributed by atoms with Gasteiger partial charge in [0.15, 0.2) is 5.82 Å². The number of amides is 1. The number of aromatic amines is 1. The summed E-state index contributed by atoms with van der Waals surface area (Å²) in [6.07, 6.45) is 1.58. The van der Waals surface area contributed by atoms with E-state index < -0.39 is 17.3 Å². The van der Waals surface area contributed by atoms with Gasteiger partial charge in [0.25, 0.3) is 11.5 Å². The number of H-pyrrole nitrogens is 1. The maximum absolute atomic E-state index is 13.2. The normalized spacial score (nSPS) is 10.6. The van der Waals surface area contributed by atoms with Crippen LogP contribution in [-0.4, -0.2) is 27.5 Å². The Hall–Kier alpha value is -3.29. The molecule has 0 aliphatic heterocycles. The molecule has 0 spiro atoms. The number of benzene rings is 1. The van der Waals surface area contributed by atoms with Crippen molar-refractivity contribution < 1.29 is 13.9 Å². The number of hydrogen-bond donors (Lipinski definition) is 2. The van der Waals surface area contributed by atoms with Crippen molar-refractivity contribution in [3.8, 4) is 5.88 Å². The molecule has 0 unspecified atom stereocenters. The van der Waals surface area contributed by atoms with Crippen LogP contribution in [0, 0.1) is 5.82 Å². The van der Waals surface area contributed by atoms with Crippen molar-refractivity contribution in [2.75, 3.05) is 6.61 Å². The van der Waals surface area contributed by atoms with E-state index in [1.165, 1.54) is 12.1 Å². The predicted octanol–water partition coefficient (Wildman–Crippen LogP) is 1.79. The predicted molar refractivity (Wildman–Crippen MR) is 88.9 cm³/mol. The van der Waals surface area contributed by atoms with Crippen LogP contribution in [-0.2, 0) is 6.54 Å². The SMILES string of the molecule is CCOc1cc(CNC(=O)c2nc3ccc(F)cc3c(=O)[nH]2)ccn1. The Morgan fingerprint density at radius 2 is 2.16 bits per heavy atom. The van der Waals surface area contributed by atoms with Gasteiger partial charge in [-0.05, 0) is 36.8 Å². The fraction of sp³-hybridized carbons (Fsp3) is 0.176. The quantitative estimate of drug-likeness (QED) is 0.737. The van der Waals surface area contributed by atoms with E-state index in [9.17, 15) is 14.0 Å². The summed E-state index contributed by atoms with van der Waals surface area (Å²) in [5, 5.41) is 2.75. The van der Waals surface area contributed by atoms with Gasteiger partial charge in [-0.25, -0.2) is 14.4 Å². The highest BCUT2D eigenvalue weighted by molar-refractivity contribution is 5.92. The minimum absolute atomic E-state index is 0.0899. The number of nitrogens with zero attached hydrogens (tertiary/aromatic N) is 2. The molecule has 3 rings (SSSR count). The minimum atomic E-state index is -0.572. The molecule has 7 nitrogen and oxygen atoms in total. The maximum Gasteiger partial charge on any atom is 0.287 e. The van der Waals surface area contributed by atoms with Gasteiger partial charge in [0, 0.05) is 18.8 Å². The minimum Gasteiger partial charge on any atom is -0.478 e. The lowest BCUT2D eigenvalue weighted by molar-refractivity contribution is 0.0940. The lowest BCUT2D eigenvalue weighted by Gasteiger charge is -2.07. The maximum atomic E-state index is 13.2. The molecule has 0 fully saturated rings. The van der Waals surface area contributed by atoms with Crippen LogP contribution in [0.2, 0.25) is 0 Å². The summed E-state index contributed by atoms with van der Waals surface area (Å²) in [6.45, 7) is 2.56. The highest BCUT2D eigenvalue weighted by atomic mass is 19.1. The van der Waals surface area contributed by atoms with Crippen LogP contribution in [0.4, 0.5) is 4.39 Å². The van der Waals surface area contributed by atoms with E-state index in [2.05, 4.69) is 20.3 Å². The average molecular weight is 342 g/mol.